The largest absolute Gasteiger partial charge is 0.460 e. The van der Waals surface area contributed by atoms with Crippen LogP contribution in [0.15, 0.2) is 71.2 Å². The summed E-state index contributed by atoms with van der Waals surface area (Å²) < 4.78 is 5.95. The van der Waals surface area contributed by atoms with Crippen LogP contribution in [0.2, 0.25) is 0 Å². The molecule has 3 nitrogen and oxygen atoms in total. The van der Waals surface area contributed by atoms with Gasteiger partial charge in [-0.1, -0.05) is 60.7 Å². The number of benzene rings is 2. The third-order valence-corrected chi connectivity index (χ3v) is 4.79. The molecule has 27 heavy (non-hydrogen) atoms. The lowest BCUT2D eigenvalue weighted by Crippen LogP contribution is -2.45. The molecule has 144 valence electrons. The second-order valence-corrected chi connectivity index (χ2v) is 6.64. The molecule has 0 atom stereocenters. The van der Waals surface area contributed by atoms with Gasteiger partial charge in [0.2, 0.25) is 0 Å². The average molecular weight is 405 g/mol. The fourth-order valence-corrected chi connectivity index (χ4v) is 3.37. The number of nitrogens with zero attached hydrogens (tertiary/aromatic N) is 2. The number of para-hydroxylation sites is 1. The Morgan fingerprint density at radius 3 is 2.22 bits per heavy atom. The molecule has 0 unspecified atom stereocenters. The Labute approximate surface area is 173 Å². The Bertz CT molecular complexity index is 807. The van der Waals surface area contributed by atoms with E-state index < -0.39 is 0 Å². The van der Waals surface area contributed by atoms with Crippen molar-refractivity contribution in [2.24, 2.45) is 0 Å². The third-order valence-electron chi connectivity index (χ3n) is 4.79. The summed E-state index contributed by atoms with van der Waals surface area (Å²) in [4.78, 5) is 4.99. The van der Waals surface area contributed by atoms with Gasteiger partial charge in [-0.05, 0) is 17.7 Å². The number of hydrogen-bond donors (Lipinski definition) is 0. The average Bonchev–Trinajstić information content (AvgIpc) is 3.06. The fraction of sp³-hybridized carbons (Fsp3) is 0.273. The Kier molecular flexibility index (Phi) is 8.39. The summed E-state index contributed by atoms with van der Waals surface area (Å²) in [6.07, 6.45) is 4.48. The molecule has 1 aliphatic heterocycles. The normalized spacial score (nSPS) is 15.6. The predicted molar refractivity (Wildman–Crippen MR) is 118 cm³/mol. The standard InChI is InChI=1S/C22H24N2O.2ClH/c1-2-7-19(8-3-1)9-6-12-23-13-15-24(16-14-23)18-21-17-20-10-4-5-11-22(20)25-21;;/h1-11,17H,12-16,18H2;2*1H. The summed E-state index contributed by atoms with van der Waals surface area (Å²) in [5, 5.41) is 1.20. The summed E-state index contributed by atoms with van der Waals surface area (Å²) in [6, 6.07) is 20.9. The molecule has 4 rings (SSSR count). The van der Waals surface area contributed by atoms with E-state index >= 15 is 0 Å². The van der Waals surface area contributed by atoms with Crippen molar-refractivity contribution in [3.63, 3.8) is 0 Å². The Morgan fingerprint density at radius 1 is 0.815 bits per heavy atom. The Hall–Kier alpha value is -1.78. The maximum Gasteiger partial charge on any atom is 0.134 e. The number of hydrogen-bond acceptors (Lipinski definition) is 3. The molecule has 1 saturated heterocycles. The van der Waals surface area contributed by atoms with Crippen LogP contribution in [0, 0.1) is 0 Å². The molecule has 3 aromatic rings. The lowest BCUT2D eigenvalue weighted by molar-refractivity contribution is 0.130. The highest BCUT2D eigenvalue weighted by Crippen LogP contribution is 2.20. The van der Waals surface area contributed by atoms with Crippen LogP contribution in [0.3, 0.4) is 0 Å². The number of piperazine rings is 1. The second-order valence-electron chi connectivity index (χ2n) is 6.64. The van der Waals surface area contributed by atoms with Gasteiger partial charge in [-0.25, -0.2) is 0 Å². The topological polar surface area (TPSA) is 19.6 Å². The Morgan fingerprint density at radius 2 is 1.48 bits per heavy atom. The molecule has 0 amide bonds. The van der Waals surface area contributed by atoms with Crippen molar-refractivity contribution >= 4 is 41.9 Å². The highest BCUT2D eigenvalue weighted by atomic mass is 35.5. The molecular weight excluding hydrogens is 379 g/mol. The first-order valence-electron chi connectivity index (χ1n) is 9.00. The van der Waals surface area contributed by atoms with E-state index in [1.807, 2.05) is 12.1 Å². The molecule has 0 aliphatic carbocycles. The summed E-state index contributed by atoms with van der Waals surface area (Å²) in [7, 11) is 0. The number of rotatable bonds is 5. The smallest absolute Gasteiger partial charge is 0.134 e. The van der Waals surface area contributed by atoms with E-state index in [-0.39, 0.29) is 24.8 Å². The molecular formula is C22H26Cl2N2O. The van der Waals surface area contributed by atoms with E-state index in [0.29, 0.717) is 0 Å². The molecule has 1 aromatic heterocycles. The van der Waals surface area contributed by atoms with Gasteiger partial charge in [0.05, 0.1) is 6.54 Å². The first-order valence-corrected chi connectivity index (χ1v) is 9.00. The van der Waals surface area contributed by atoms with Crippen molar-refractivity contribution in [2.45, 2.75) is 6.54 Å². The van der Waals surface area contributed by atoms with Crippen molar-refractivity contribution in [1.29, 1.82) is 0 Å². The molecule has 0 bridgehead atoms. The van der Waals surface area contributed by atoms with Gasteiger partial charge < -0.3 is 4.42 Å². The van der Waals surface area contributed by atoms with Crippen LogP contribution in [0.5, 0.6) is 0 Å². The minimum atomic E-state index is 0. The number of halogens is 2. The minimum Gasteiger partial charge on any atom is -0.460 e. The minimum absolute atomic E-state index is 0. The fourth-order valence-electron chi connectivity index (χ4n) is 3.37. The zero-order valence-corrected chi connectivity index (χ0v) is 16.9. The Balaban J connectivity index is 0.00000131. The third kappa shape index (κ3) is 5.85. The van der Waals surface area contributed by atoms with Crippen molar-refractivity contribution < 1.29 is 4.42 Å². The molecule has 0 spiro atoms. The van der Waals surface area contributed by atoms with Crippen LogP contribution < -0.4 is 0 Å². The van der Waals surface area contributed by atoms with E-state index in [1.165, 1.54) is 10.9 Å². The van der Waals surface area contributed by atoms with Crippen molar-refractivity contribution in [3.8, 4) is 0 Å². The molecule has 2 heterocycles. The second kappa shape index (κ2) is 10.5. The zero-order valence-electron chi connectivity index (χ0n) is 15.3. The quantitative estimate of drug-likeness (QED) is 0.588. The van der Waals surface area contributed by atoms with Gasteiger partial charge in [-0.2, -0.15) is 0 Å². The molecule has 0 radical (unpaired) electrons. The summed E-state index contributed by atoms with van der Waals surface area (Å²) >= 11 is 0. The van der Waals surface area contributed by atoms with E-state index in [2.05, 4.69) is 70.5 Å². The maximum atomic E-state index is 5.95. The number of fused-ring (bicyclic) bond motifs is 1. The van der Waals surface area contributed by atoms with Crippen LogP contribution in [-0.4, -0.2) is 42.5 Å². The SMILES string of the molecule is C(=Cc1ccccc1)CN1CCN(Cc2cc3ccccc3o2)CC1.Cl.Cl. The molecule has 5 heteroatoms. The highest BCUT2D eigenvalue weighted by Gasteiger charge is 2.17. The van der Waals surface area contributed by atoms with E-state index in [9.17, 15) is 0 Å². The first kappa shape index (κ1) is 21.5. The highest BCUT2D eigenvalue weighted by molar-refractivity contribution is 5.85. The molecule has 0 saturated carbocycles. The monoisotopic (exact) mass is 404 g/mol. The van der Waals surface area contributed by atoms with Gasteiger partial charge in [0.15, 0.2) is 0 Å². The van der Waals surface area contributed by atoms with Crippen LogP contribution in [0.1, 0.15) is 11.3 Å². The van der Waals surface area contributed by atoms with Crippen LogP contribution in [-0.2, 0) is 6.54 Å². The van der Waals surface area contributed by atoms with Crippen molar-refractivity contribution in [3.05, 3.63) is 78.1 Å². The molecule has 2 aromatic carbocycles. The van der Waals surface area contributed by atoms with E-state index in [0.717, 1.165) is 50.6 Å². The molecule has 1 aliphatic rings. The van der Waals surface area contributed by atoms with Crippen LogP contribution >= 0.6 is 24.8 Å². The lowest BCUT2D eigenvalue weighted by Gasteiger charge is -2.33. The summed E-state index contributed by atoms with van der Waals surface area (Å²) in [5.74, 6) is 1.07. The molecule has 0 N–H and O–H groups in total. The summed E-state index contributed by atoms with van der Waals surface area (Å²) in [5.41, 5.74) is 2.26. The first-order chi connectivity index (χ1) is 12.4. The van der Waals surface area contributed by atoms with E-state index in [1.54, 1.807) is 0 Å². The summed E-state index contributed by atoms with van der Waals surface area (Å²) in [6.45, 7) is 6.33. The van der Waals surface area contributed by atoms with Gasteiger partial charge >= 0.3 is 0 Å². The predicted octanol–water partition coefficient (Wildman–Crippen LogP) is 5.11. The van der Waals surface area contributed by atoms with E-state index in [4.69, 9.17) is 4.42 Å². The molecule has 1 fully saturated rings. The van der Waals surface area contributed by atoms with Crippen molar-refractivity contribution in [1.82, 2.24) is 9.80 Å². The van der Waals surface area contributed by atoms with Gasteiger partial charge in [-0.15, -0.1) is 24.8 Å². The zero-order chi connectivity index (χ0) is 16.9. The number of furan rings is 1. The van der Waals surface area contributed by atoms with Crippen LogP contribution in [0.25, 0.3) is 17.0 Å². The van der Waals surface area contributed by atoms with Gasteiger partial charge in [-0.3, -0.25) is 9.80 Å². The van der Waals surface area contributed by atoms with Crippen LogP contribution in [0.4, 0.5) is 0 Å². The van der Waals surface area contributed by atoms with Gasteiger partial charge in [0.1, 0.15) is 11.3 Å². The lowest BCUT2D eigenvalue weighted by atomic mass is 10.2. The maximum absolute atomic E-state index is 5.95. The van der Waals surface area contributed by atoms with Gasteiger partial charge in [0.25, 0.3) is 0 Å². The van der Waals surface area contributed by atoms with Crippen molar-refractivity contribution in [2.75, 3.05) is 32.7 Å². The van der Waals surface area contributed by atoms with Gasteiger partial charge in [0, 0.05) is 38.1 Å².